The zero-order valence-electron chi connectivity index (χ0n) is 9.32. The monoisotopic (exact) mass is 305 g/mol. The first-order chi connectivity index (χ1) is 8.69. The zero-order chi connectivity index (χ0) is 13.0. The van der Waals surface area contributed by atoms with E-state index in [0.29, 0.717) is 22.4 Å². The molecule has 0 fully saturated rings. The SMILES string of the molecule is N#Cc1cc(CNc2ccc(Br)c(F)c2)ccn1. The minimum Gasteiger partial charge on any atom is -0.381 e. The van der Waals surface area contributed by atoms with E-state index in [-0.39, 0.29) is 5.82 Å². The Labute approximate surface area is 112 Å². The summed E-state index contributed by atoms with van der Waals surface area (Å²) < 4.78 is 13.7. The lowest BCUT2D eigenvalue weighted by molar-refractivity contribution is 0.621. The number of hydrogen-bond donors (Lipinski definition) is 1. The van der Waals surface area contributed by atoms with Gasteiger partial charge in [0.2, 0.25) is 0 Å². The number of hydrogen-bond acceptors (Lipinski definition) is 3. The van der Waals surface area contributed by atoms with Crippen LogP contribution in [0, 0.1) is 17.1 Å². The van der Waals surface area contributed by atoms with Crippen molar-refractivity contribution in [3.8, 4) is 6.07 Å². The van der Waals surface area contributed by atoms with Gasteiger partial charge in [-0.05, 0) is 51.8 Å². The van der Waals surface area contributed by atoms with E-state index in [2.05, 4.69) is 26.2 Å². The van der Waals surface area contributed by atoms with Crippen molar-refractivity contribution in [3.63, 3.8) is 0 Å². The largest absolute Gasteiger partial charge is 0.381 e. The predicted molar refractivity (Wildman–Crippen MR) is 70.4 cm³/mol. The molecule has 0 unspecified atom stereocenters. The van der Waals surface area contributed by atoms with Crippen LogP contribution in [-0.4, -0.2) is 4.98 Å². The minimum atomic E-state index is -0.313. The summed E-state index contributed by atoms with van der Waals surface area (Å²) >= 11 is 3.10. The fourth-order valence-corrected chi connectivity index (χ4v) is 1.70. The Kier molecular flexibility index (Phi) is 3.90. The molecule has 0 bridgehead atoms. The van der Waals surface area contributed by atoms with Gasteiger partial charge < -0.3 is 5.32 Å². The molecule has 0 aliphatic rings. The number of anilines is 1. The molecule has 1 aromatic carbocycles. The Morgan fingerprint density at radius 3 is 2.89 bits per heavy atom. The molecule has 1 N–H and O–H groups in total. The smallest absolute Gasteiger partial charge is 0.140 e. The average Bonchev–Trinajstić information content (AvgIpc) is 2.40. The number of nitrogens with one attached hydrogen (secondary N) is 1. The summed E-state index contributed by atoms with van der Waals surface area (Å²) in [5.41, 5.74) is 1.98. The minimum absolute atomic E-state index is 0.313. The van der Waals surface area contributed by atoms with Crippen LogP contribution in [0.1, 0.15) is 11.3 Å². The van der Waals surface area contributed by atoms with Crippen LogP contribution in [-0.2, 0) is 6.54 Å². The third-order valence-electron chi connectivity index (χ3n) is 2.36. The lowest BCUT2D eigenvalue weighted by Crippen LogP contribution is -2.00. The molecule has 1 heterocycles. The van der Waals surface area contributed by atoms with Gasteiger partial charge in [-0.15, -0.1) is 0 Å². The second kappa shape index (κ2) is 5.61. The molecule has 0 radical (unpaired) electrons. The Balaban J connectivity index is 2.07. The van der Waals surface area contributed by atoms with Crippen LogP contribution in [0.5, 0.6) is 0 Å². The van der Waals surface area contributed by atoms with Crippen LogP contribution >= 0.6 is 15.9 Å². The number of benzene rings is 1. The molecule has 2 rings (SSSR count). The number of nitriles is 1. The molecule has 18 heavy (non-hydrogen) atoms. The molecule has 0 aliphatic carbocycles. The third-order valence-corrected chi connectivity index (χ3v) is 3.00. The van der Waals surface area contributed by atoms with Gasteiger partial charge in [0.05, 0.1) is 4.47 Å². The summed E-state index contributed by atoms with van der Waals surface area (Å²) in [6, 6.07) is 10.3. The quantitative estimate of drug-likeness (QED) is 0.944. The third kappa shape index (κ3) is 3.05. The average molecular weight is 306 g/mol. The van der Waals surface area contributed by atoms with Gasteiger partial charge in [0.1, 0.15) is 17.6 Å². The van der Waals surface area contributed by atoms with Gasteiger partial charge in [0.25, 0.3) is 0 Å². The predicted octanol–water partition coefficient (Wildman–Crippen LogP) is 3.47. The van der Waals surface area contributed by atoms with Gasteiger partial charge in [-0.1, -0.05) is 0 Å². The first-order valence-electron chi connectivity index (χ1n) is 5.23. The Morgan fingerprint density at radius 1 is 1.33 bits per heavy atom. The molecule has 90 valence electrons. The summed E-state index contributed by atoms with van der Waals surface area (Å²) in [6.07, 6.45) is 1.58. The maximum absolute atomic E-state index is 13.3. The van der Waals surface area contributed by atoms with E-state index in [0.717, 1.165) is 5.56 Å². The molecule has 0 atom stereocenters. The molecular weight excluding hydrogens is 297 g/mol. The van der Waals surface area contributed by atoms with Crippen LogP contribution in [0.2, 0.25) is 0 Å². The van der Waals surface area contributed by atoms with Gasteiger partial charge in [-0.3, -0.25) is 0 Å². The molecule has 5 heteroatoms. The highest BCUT2D eigenvalue weighted by Gasteiger charge is 2.01. The van der Waals surface area contributed by atoms with Crippen molar-refractivity contribution < 1.29 is 4.39 Å². The maximum atomic E-state index is 13.3. The fraction of sp³-hybridized carbons (Fsp3) is 0.0769. The van der Waals surface area contributed by atoms with Gasteiger partial charge in [-0.25, -0.2) is 9.37 Å². The summed E-state index contributed by atoms with van der Waals surface area (Å²) in [7, 11) is 0. The van der Waals surface area contributed by atoms with Crippen molar-refractivity contribution >= 4 is 21.6 Å². The Bertz CT molecular complexity index is 607. The lowest BCUT2D eigenvalue weighted by Gasteiger charge is -2.07. The van der Waals surface area contributed by atoms with Gasteiger partial charge >= 0.3 is 0 Å². The van der Waals surface area contributed by atoms with Crippen molar-refractivity contribution in [1.29, 1.82) is 5.26 Å². The number of pyridine rings is 1. The number of rotatable bonds is 3. The van der Waals surface area contributed by atoms with Crippen LogP contribution in [0.15, 0.2) is 41.0 Å². The van der Waals surface area contributed by atoms with E-state index >= 15 is 0 Å². The normalized spacial score (nSPS) is 9.83. The lowest BCUT2D eigenvalue weighted by atomic mass is 10.2. The molecule has 0 amide bonds. The highest BCUT2D eigenvalue weighted by molar-refractivity contribution is 9.10. The summed E-state index contributed by atoms with van der Waals surface area (Å²) in [6.45, 7) is 0.512. The summed E-state index contributed by atoms with van der Waals surface area (Å²) in [4.78, 5) is 3.88. The highest BCUT2D eigenvalue weighted by Crippen LogP contribution is 2.19. The van der Waals surface area contributed by atoms with Gasteiger partial charge in [0, 0.05) is 18.4 Å². The van der Waals surface area contributed by atoms with Crippen LogP contribution in [0.3, 0.4) is 0 Å². The fourth-order valence-electron chi connectivity index (χ4n) is 1.46. The Morgan fingerprint density at radius 2 is 2.17 bits per heavy atom. The van der Waals surface area contributed by atoms with Gasteiger partial charge in [-0.2, -0.15) is 5.26 Å². The molecule has 0 saturated heterocycles. The molecule has 0 saturated carbocycles. The van der Waals surface area contributed by atoms with Crippen molar-refractivity contribution in [2.45, 2.75) is 6.54 Å². The first kappa shape index (κ1) is 12.5. The van der Waals surface area contributed by atoms with E-state index < -0.39 is 0 Å². The second-order valence-electron chi connectivity index (χ2n) is 3.64. The standard InChI is InChI=1S/C13H9BrFN3/c14-12-2-1-10(6-13(12)15)18-8-9-3-4-17-11(5-9)7-16/h1-6,18H,8H2. The molecular formula is C13H9BrFN3. The summed E-state index contributed by atoms with van der Waals surface area (Å²) in [5.74, 6) is -0.313. The van der Waals surface area contributed by atoms with E-state index in [4.69, 9.17) is 5.26 Å². The van der Waals surface area contributed by atoms with Crippen molar-refractivity contribution in [1.82, 2.24) is 4.98 Å². The topological polar surface area (TPSA) is 48.7 Å². The van der Waals surface area contributed by atoms with Crippen molar-refractivity contribution in [2.75, 3.05) is 5.32 Å². The first-order valence-corrected chi connectivity index (χ1v) is 6.02. The highest BCUT2D eigenvalue weighted by atomic mass is 79.9. The van der Waals surface area contributed by atoms with Crippen LogP contribution < -0.4 is 5.32 Å². The van der Waals surface area contributed by atoms with Crippen LogP contribution in [0.4, 0.5) is 10.1 Å². The molecule has 0 aliphatic heterocycles. The van der Waals surface area contributed by atoms with Crippen LogP contribution in [0.25, 0.3) is 0 Å². The van der Waals surface area contributed by atoms with Crippen molar-refractivity contribution in [3.05, 3.63) is 58.1 Å². The molecule has 2 aromatic rings. The van der Waals surface area contributed by atoms with E-state index in [1.807, 2.05) is 12.1 Å². The van der Waals surface area contributed by atoms with E-state index in [1.165, 1.54) is 6.07 Å². The Hall–Kier alpha value is -1.93. The van der Waals surface area contributed by atoms with E-state index in [9.17, 15) is 4.39 Å². The number of aromatic nitrogens is 1. The van der Waals surface area contributed by atoms with E-state index in [1.54, 1.807) is 24.4 Å². The number of halogens is 2. The van der Waals surface area contributed by atoms with Gasteiger partial charge in [0.15, 0.2) is 0 Å². The second-order valence-corrected chi connectivity index (χ2v) is 4.50. The molecule has 0 spiro atoms. The van der Waals surface area contributed by atoms with Crippen molar-refractivity contribution in [2.24, 2.45) is 0 Å². The summed E-state index contributed by atoms with van der Waals surface area (Å²) in [5, 5.41) is 11.8. The number of nitrogens with zero attached hydrogens (tertiary/aromatic N) is 2. The zero-order valence-corrected chi connectivity index (χ0v) is 10.9. The molecule has 1 aromatic heterocycles. The molecule has 3 nitrogen and oxygen atoms in total. The maximum Gasteiger partial charge on any atom is 0.140 e.